The Labute approximate surface area is 156 Å². The summed E-state index contributed by atoms with van der Waals surface area (Å²) in [5, 5.41) is 0. The van der Waals surface area contributed by atoms with Gasteiger partial charge in [-0.15, -0.1) is 0 Å². The highest BCUT2D eigenvalue weighted by molar-refractivity contribution is 5.78. The molecule has 5 atom stereocenters. The van der Waals surface area contributed by atoms with E-state index in [-0.39, 0.29) is 11.0 Å². The van der Waals surface area contributed by atoms with Crippen LogP contribution >= 0.6 is 0 Å². The van der Waals surface area contributed by atoms with Gasteiger partial charge in [0.15, 0.2) is 0 Å². The van der Waals surface area contributed by atoms with E-state index in [0.29, 0.717) is 23.7 Å². The van der Waals surface area contributed by atoms with Crippen LogP contribution in [0.15, 0.2) is 24.7 Å². The van der Waals surface area contributed by atoms with Gasteiger partial charge < -0.3 is 4.90 Å². The summed E-state index contributed by atoms with van der Waals surface area (Å²) >= 11 is 0. The number of rotatable bonds is 1. The largest absolute Gasteiger partial charge is 0.337 e. The van der Waals surface area contributed by atoms with Crippen molar-refractivity contribution >= 4 is 11.5 Å². The molecule has 2 aliphatic heterocycles. The predicted molar refractivity (Wildman–Crippen MR) is 101 cm³/mol. The van der Waals surface area contributed by atoms with Crippen LogP contribution in [0.2, 0.25) is 0 Å². The van der Waals surface area contributed by atoms with Gasteiger partial charge in [-0.25, -0.2) is 0 Å². The third-order valence-corrected chi connectivity index (χ3v) is 8.33. The van der Waals surface area contributed by atoms with Crippen molar-refractivity contribution in [2.75, 3.05) is 6.54 Å². The van der Waals surface area contributed by atoms with Crippen LogP contribution < -0.4 is 0 Å². The molecule has 1 amide bonds. The Morgan fingerprint density at radius 1 is 1.15 bits per heavy atom. The van der Waals surface area contributed by atoms with Gasteiger partial charge >= 0.3 is 0 Å². The molecule has 0 spiro atoms. The monoisotopic (exact) mass is 351 g/mol. The fraction of sp³-hybridized carbons (Fsp3) is 0.682. The lowest BCUT2D eigenvalue weighted by atomic mass is 9.54. The lowest BCUT2D eigenvalue weighted by Gasteiger charge is -2.53. The Balaban J connectivity index is 1.51. The summed E-state index contributed by atoms with van der Waals surface area (Å²) in [5.74, 6) is 2.35. The number of fused-ring (bicyclic) bond motifs is 5. The third kappa shape index (κ3) is 2.10. The average molecular weight is 351 g/mol. The quantitative estimate of drug-likeness (QED) is 0.766. The maximum atomic E-state index is 12.8. The van der Waals surface area contributed by atoms with Crippen molar-refractivity contribution in [3.8, 4) is 0 Å². The molecule has 4 aliphatic rings. The lowest BCUT2D eigenvalue weighted by Crippen LogP contribution is -2.53. The summed E-state index contributed by atoms with van der Waals surface area (Å²) in [6.07, 6.45) is 15.6. The molecule has 138 valence electrons. The number of aromatic nitrogens is 2. The third-order valence-electron chi connectivity index (χ3n) is 8.33. The van der Waals surface area contributed by atoms with Crippen LogP contribution in [0.25, 0.3) is 5.57 Å². The van der Waals surface area contributed by atoms with Gasteiger partial charge in [-0.05, 0) is 74.2 Å². The Morgan fingerprint density at radius 3 is 2.85 bits per heavy atom. The highest BCUT2D eigenvalue weighted by Crippen LogP contribution is 2.63. The smallest absolute Gasteiger partial charge is 0.223 e. The average Bonchev–Trinajstić information content (AvgIpc) is 3.18. The van der Waals surface area contributed by atoms with Gasteiger partial charge in [0.05, 0.1) is 11.9 Å². The maximum Gasteiger partial charge on any atom is 0.223 e. The first-order chi connectivity index (χ1) is 12.5. The van der Waals surface area contributed by atoms with E-state index in [1.54, 1.807) is 12.4 Å². The van der Waals surface area contributed by atoms with Crippen LogP contribution in [0, 0.1) is 23.2 Å². The molecule has 2 saturated heterocycles. The van der Waals surface area contributed by atoms with Crippen LogP contribution in [0.4, 0.5) is 0 Å². The summed E-state index contributed by atoms with van der Waals surface area (Å²) < 4.78 is 0. The van der Waals surface area contributed by atoms with Crippen LogP contribution in [0.3, 0.4) is 0 Å². The highest BCUT2D eigenvalue weighted by Gasteiger charge is 2.58. The molecular weight excluding hydrogens is 322 g/mol. The minimum absolute atomic E-state index is 0.0921. The standard InChI is InChI=1S/C22H29N3O/c1-21-10-8-17-15(4-7-20(26)25-13-3-9-22(17,25)2)16(21)5-6-18(21)19-14-23-11-12-24-19/h6,11-12,14-17H,3-5,7-10,13H2,1-2H3/t15-,16-,17?,21-,22+/m0/s1. The Bertz CT molecular complexity index is 760. The fourth-order valence-corrected chi connectivity index (χ4v) is 7.07. The first-order valence-corrected chi connectivity index (χ1v) is 10.3. The fourth-order valence-electron chi connectivity index (χ4n) is 7.07. The van der Waals surface area contributed by atoms with Gasteiger partial charge in [-0.2, -0.15) is 0 Å². The number of hydrogen-bond acceptors (Lipinski definition) is 3. The molecule has 0 bridgehead atoms. The molecule has 1 saturated carbocycles. The van der Waals surface area contributed by atoms with Crippen LogP contribution in [0.5, 0.6) is 0 Å². The zero-order chi connectivity index (χ0) is 17.9. The molecule has 4 nitrogen and oxygen atoms in total. The SMILES string of the molecule is C[C@]12CCC3[C@@H](CCC(=O)N4CCC[C@]34C)[C@@H]1CC=C2c1cnccn1. The van der Waals surface area contributed by atoms with Gasteiger partial charge in [0.1, 0.15) is 0 Å². The summed E-state index contributed by atoms with van der Waals surface area (Å²) in [6.45, 7) is 5.81. The van der Waals surface area contributed by atoms with E-state index < -0.39 is 0 Å². The maximum absolute atomic E-state index is 12.8. The number of hydrogen-bond donors (Lipinski definition) is 0. The molecular formula is C22H29N3O. The second-order valence-corrected chi connectivity index (χ2v) is 9.32. The van der Waals surface area contributed by atoms with Crippen molar-refractivity contribution in [3.05, 3.63) is 30.4 Å². The van der Waals surface area contributed by atoms with Crippen molar-refractivity contribution in [1.29, 1.82) is 0 Å². The first-order valence-electron chi connectivity index (χ1n) is 10.3. The second kappa shape index (κ2) is 5.64. The zero-order valence-corrected chi connectivity index (χ0v) is 15.9. The minimum atomic E-state index is 0.0921. The topological polar surface area (TPSA) is 46.1 Å². The molecule has 0 radical (unpaired) electrons. The highest BCUT2D eigenvalue weighted by atomic mass is 16.2. The molecule has 2 aliphatic carbocycles. The number of nitrogens with zero attached hydrogens (tertiary/aromatic N) is 3. The predicted octanol–water partition coefficient (Wildman–Crippen LogP) is 4.09. The molecule has 0 N–H and O–H groups in total. The Kier molecular flexibility index (Phi) is 3.57. The van der Waals surface area contributed by atoms with Gasteiger partial charge in [0, 0.05) is 30.9 Å². The number of carbonyl (C=O) groups excluding carboxylic acids is 1. The molecule has 26 heavy (non-hydrogen) atoms. The van der Waals surface area contributed by atoms with E-state index in [4.69, 9.17) is 0 Å². The normalized spacial score (nSPS) is 41.9. The van der Waals surface area contributed by atoms with Crippen molar-refractivity contribution in [3.63, 3.8) is 0 Å². The van der Waals surface area contributed by atoms with Crippen LogP contribution in [-0.4, -0.2) is 32.9 Å². The van der Waals surface area contributed by atoms with Gasteiger partial charge in [0.25, 0.3) is 0 Å². The minimum Gasteiger partial charge on any atom is -0.337 e. The zero-order valence-electron chi connectivity index (χ0n) is 15.9. The molecule has 0 aromatic carbocycles. The molecule has 1 aromatic heterocycles. The van der Waals surface area contributed by atoms with E-state index >= 15 is 0 Å². The Morgan fingerprint density at radius 2 is 2.04 bits per heavy atom. The van der Waals surface area contributed by atoms with Crippen molar-refractivity contribution < 1.29 is 4.79 Å². The number of amides is 1. The summed E-state index contributed by atoms with van der Waals surface area (Å²) in [7, 11) is 0. The molecule has 3 heterocycles. The Hall–Kier alpha value is -1.71. The van der Waals surface area contributed by atoms with Crippen LogP contribution in [0.1, 0.15) is 64.5 Å². The van der Waals surface area contributed by atoms with E-state index in [2.05, 4.69) is 34.8 Å². The van der Waals surface area contributed by atoms with Gasteiger partial charge in [0.2, 0.25) is 5.91 Å². The molecule has 1 aromatic rings. The van der Waals surface area contributed by atoms with E-state index in [1.807, 2.05) is 6.20 Å². The van der Waals surface area contributed by atoms with E-state index in [0.717, 1.165) is 31.5 Å². The van der Waals surface area contributed by atoms with Crippen LogP contribution in [-0.2, 0) is 4.79 Å². The van der Waals surface area contributed by atoms with Crippen molar-refractivity contribution in [1.82, 2.24) is 14.9 Å². The van der Waals surface area contributed by atoms with Gasteiger partial charge in [-0.1, -0.05) is 13.0 Å². The van der Waals surface area contributed by atoms with E-state index in [9.17, 15) is 4.79 Å². The molecule has 3 fully saturated rings. The summed E-state index contributed by atoms with van der Waals surface area (Å²) in [5.41, 5.74) is 2.73. The van der Waals surface area contributed by atoms with E-state index in [1.165, 1.54) is 31.3 Å². The lowest BCUT2D eigenvalue weighted by molar-refractivity contribution is -0.135. The summed E-state index contributed by atoms with van der Waals surface area (Å²) in [6, 6.07) is 0. The molecule has 4 heteroatoms. The van der Waals surface area contributed by atoms with Gasteiger partial charge in [-0.3, -0.25) is 14.8 Å². The second-order valence-electron chi connectivity index (χ2n) is 9.32. The van der Waals surface area contributed by atoms with Crippen molar-refractivity contribution in [2.24, 2.45) is 23.2 Å². The summed E-state index contributed by atoms with van der Waals surface area (Å²) in [4.78, 5) is 24.0. The number of allylic oxidation sites excluding steroid dienone is 2. The first kappa shape index (κ1) is 16.5. The number of carbonyl (C=O) groups is 1. The van der Waals surface area contributed by atoms with Crippen molar-refractivity contribution in [2.45, 2.75) is 64.3 Å². The molecule has 1 unspecified atom stereocenters. The molecule has 5 rings (SSSR count).